The van der Waals surface area contributed by atoms with Crippen LogP contribution >= 0.6 is 27.3 Å². The zero-order chi connectivity index (χ0) is 11.7. The quantitative estimate of drug-likeness (QED) is 0.682. The molecule has 0 radical (unpaired) electrons. The number of anilines is 1. The summed E-state index contributed by atoms with van der Waals surface area (Å²) >= 11 is 4.52. The second-order valence-corrected chi connectivity index (χ2v) is 4.94. The molecule has 1 heterocycles. The minimum Gasteiger partial charge on any atom is -0.399 e. The van der Waals surface area contributed by atoms with Gasteiger partial charge in [0.15, 0.2) is 0 Å². The lowest BCUT2D eigenvalue weighted by molar-refractivity contribution is 0.103. The van der Waals surface area contributed by atoms with Crippen LogP contribution in [0.1, 0.15) is 15.2 Å². The molecule has 0 aliphatic heterocycles. The fraction of sp³-hybridized carbons (Fsp3) is 0. The van der Waals surface area contributed by atoms with Crippen molar-refractivity contribution in [3.63, 3.8) is 0 Å². The van der Waals surface area contributed by atoms with Crippen LogP contribution in [0.25, 0.3) is 0 Å². The molecule has 2 rings (SSSR count). The van der Waals surface area contributed by atoms with Crippen molar-refractivity contribution in [3.8, 4) is 0 Å². The van der Waals surface area contributed by atoms with Crippen LogP contribution in [0, 0.1) is 5.82 Å². The van der Waals surface area contributed by atoms with Gasteiger partial charge in [-0.15, -0.1) is 11.3 Å². The zero-order valence-electron chi connectivity index (χ0n) is 8.04. The Labute approximate surface area is 104 Å². The van der Waals surface area contributed by atoms with Gasteiger partial charge in [-0.05, 0) is 45.6 Å². The number of benzene rings is 1. The van der Waals surface area contributed by atoms with Crippen LogP contribution in [0.4, 0.5) is 10.1 Å². The first-order chi connectivity index (χ1) is 7.59. The standard InChI is InChI=1S/C11H7BrFNOS/c12-8-3-4-16-11(8)10(15)7-2-1-6(14)5-9(7)13/h1-5H,14H2. The summed E-state index contributed by atoms with van der Waals surface area (Å²) in [6.07, 6.45) is 0. The molecule has 1 aromatic heterocycles. The van der Waals surface area contributed by atoms with Crippen molar-refractivity contribution in [2.45, 2.75) is 0 Å². The molecule has 0 aliphatic carbocycles. The second-order valence-electron chi connectivity index (χ2n) is 3.17. The van der Waals surface area contributed by atoms with E-state index in [1.807, 2.05) is 0 Å². The number of carbonyl (C=O) groups excluding carboxylic acids is 1. The second kappa shape index (κ2) is 4.35. The van der Waals surface area contributed by atoms with Gasteiger partial charge in [-0.3, -0.25) is 4.79 Å². The van der Waals surface area contributed by atoms with Crippen molar-refractivity contribution in [2.75, 3.05) is 5.73 Å². The monoisotopic (exact) mass is 299 g/mol. The third-order valence-corrected chi connectivity index (χ3v) is 3.90. The Balaban J connectivity index is 2.46. The Bertz CT molecular complexity index is 553. The van der Waals surface area contributed by atoms with Gasteiger partial charge in [0.1, 0.15) is 5.82 Å². The van der Waals surface area contributed by atoms with Gasteiger partial charge in [-0.25, -0.2) is 4.39 Å². The van der Waals surface area contributed by atoms with Crippen molar-refractivity contribution in [1.82, 2.24) is 0 Å². The summed E-state index contributed by atoms with van der Waals surface area (Å²) in [5, 5.41) is 1.77. The highest BCUT2D eigenvalue weighted by Crippen LogP contribution is 2.26. The van der Waals surface area contributed by atoms with E-state index in [9.17, 15) is 9.18 Å². The van der Waals surface area contributed by atoms with Crippen LogP contribution < -0.4 is 5.73 Å². The number of nitrogens with two attached hydrogens (primary N) is 1. The van der Waals surface area contributed by atoms with E-state index in [4.69, 9.17) is 5.73 Å². The maximum absolute atomic E-state index is 13.5. The van der Waals surface area contributed by atoms with Gasteiger partial charge in [-0.1, -0.05) is 0 Å². The lowest BCUT2D eigenvalue weighted by Crippen LogP contribution is -2.03. The Morgan fingerprint density at radius 2 is 2.12 bits per heavy atom. The first-order valence-electron chi connectivity index (χ1n) is 4.42. The van der Waals surface area contributed by atoms with Gasteiger partial charge in [-0.2, -0.15) is 0 Å². The van der Waals surface area contributed by atoms with Crippen molar-refractivity contribution < 1.29 is 9.18 Å². The fourth-order valence-electron chi connectivity index (χ4n) is 1.29. The minimum absolute atomic E-state index is 0.0392. The van der Waals surface area contributed by atoms with Gasteiger partial charge < -0.3 is 5.73 Å². The number of hydrogen-bond acceptors (Lipinski definition) is 3. The SMILES string of the molecule is Nc1ccc(C(=O)c2sccc2Br)c(F)c1. The van der Waals surface area contributed by atoms with Crippen LogP contribution in [-0.4, -0.2) is 5.78 Å². The molecule has 0 saturated carbocycles. The van der Waals surface area contributed by atoms with Gasteiger partial charge >= 0.3 is 0 Å². The van der Waals surface area contributed by atoms with E-state index in [-0.39, 0.29) is 11.3 Å². The number of hydrogen-bond donors (Lipinski definition) is 1. The molecule has 2 N–H and O–H groups in total. The van der Waals surface area contributed by atoms with Gasteiger partial charge in [0.2, 0.25) is 5.78 Å². The molecular weight excluding hydrogens is 293 g/mol. The molecule has 2 aromatic rings. The molecule has 0 unspecified atom stereocenters. The summed E-state index contributed by atoms with van der Waals surface area (Å²) in [4.78, 5) is 12.4. The summed E-state index contributed by atoms with van der Waals surface area (Å²) in [6.45, 7) is 0. The fourth-order valence-corrected chi connectivity index (χ4v) is 2.80. The molecule has 0 spiro atoms. The van der Waals surface area contributed by atoms with Crippen LogP contribution in [-0.2, 0) is 0 Å². The van der Waals surface area contributed by atoms with Gasteiger partial charge in [0.05, 0.1) is 10.4 Å². The molecule has 0 saturated heterocycles. The predicted molar refractivity (Wildman–Crippen MR) is 66.3 cm³/mol. The highest BCUT2D eigenvalue weighted by atomic mass is 79.9. The van der Waals surface area contributed by atoms with Crippen molar-refractivity contribution in [1.29, 1.82) is 0 Å². The number of nitrogen functional groups attached to an aromatic ring is 1. The van der Waals surface area contributed by atoms with E-state index in [2.05, 4.69) is 15.9 Å². The number of carbonyl (C=O) groups is 1. The summed E-state index contributed by atoms with van der Waals surface area (Å²) in [7, 11) is 0. The van der Waals surface area contributed by atoms with Crippen LogP contribution in [0.2, 0.25) is 0 Å². The largest absolute Gasteiger partial charge is 0.399 e. The minimum atomic E-state index is -0.592. The maximum atomic E-state index is 13.5. The third kappa shape index (κ3) is 2.01. The Morgan fingerprint density at radius 1 is 1.38 bits per heavy atom. The molecule has 0 fully saturated rings. The first kappa shape index (κ1) is 11.3. The number of halogens is 2. The third-order valence-electron chi connectivity index (χ3n) is 2.06. The smallest absolute Gasteiger partial charge is 0.207 e. The van der Waals surface area contributed by atoms with Crippen LogP contribution in [0.3, 0.4) is 0 Å². The molecule has 2 nitrogen and oxygen atoms in total. The van der Waals surface area contributed by atoms with Gasteiger partial charge in [0.25, 0.3) is 0 Å². The highest BCUT2D eigenvalue weighted by molar-refractivity contribution is 9.10. The number of ketones is 1. The molecule has 1 aromatic carbocycles. The van der Waals surface area contributed by atoms with Crippen LogP contribution in [0.15, 0.2) is 34.1 Å². The molecular formula is C11H7BrFNOS. The summed E-state index contributed by atoms with van der Waals surface area (Å²) < 4.78 is 14.2. The Kier molecular flexibility index (Phi) is 3.07. The normalized spacial score (nSPS) is 10.4. The topological polar surface area (TPSA) is 43.1 Å². The highest BCUT2D eigenvalue weighted by Gasteiger charge is 2.17. The molecule has 5 heteroatoms. The molecule has 0 aliphatic rings. The summed E-state index contributed by atoms with van der Waals surface area (Å²) in [5.41, 5.74) is 5.76. The van der Waals surface area contributed by atoms with E-state index in [0.717, 1.165) is 6.07 Å². The van der Waals surface area contributed by atoms with E-state index in [1.165, 1.54) is 23.5 Å². The van der Waals surface area contributed by atoms with Gasteiger partial charge in [0, 0.05) is 10.2 Å². The Hall–Kier alpha value is -1.20. The van der Waals surface area contributed by atoms with E-state index < -0.39 is 5.82 Å². The maximum Gasteiger partial charge on any atom is 0.207 e. The van der Waals surface area contributed by atoms with E-state index in [0.29, 0.717) is 15.0 Å². The van der Waals surface area contributed by atoms with E-state index >= 15 is 0 Å². The molecule has 82 valence electrons. The molecule has 0 atom stereocenters. The zero-order valence-corrected chi connectivity index (χ0v) is 10.4. The van der Waals surface area contributed by atoms with Crippen LogP contribution in [0.5, 0.6) is 0 Å². The van der Waals surface area contributed by atoms with Crippen molar-refractivity contribution >= 4 is 38.7 Å². The molecule has 0 bridgehead atoms. The predicted octanol–water partition coefficient (Wildman–Crippen LogP) is 3.46. The lowest BCUT2D eigenvalue weighted by atomic mass is 10.1. The first-order valence-corrected chi connectivity index (χ1v) is 6.09. The average Bonchev–Trinajstić information content (AvgIpc) is 2.63. The molecule has 0 amide bonds. The Morgan fingerprint density at radius 3 is 2.69 bits per heavy atom. The average molecular weight is 300 g/mol. The van der Waals surface area contributed by atoms with Crippen molar-refractivity contribution in [3.05, 3.63) is 50.4 Å². The summed E-state index contributed by atoms with van der Waals surface area (Å²) in [6, 6.07) is 5.82. The number of rotatable bonds is 2. The summed E-state index contributed by atoms with van der Waals surface area (Å²) in [5.74, 6) is -0.926. The lowest BCUT2D eigenvalue weighted by Gasteiger charge is -2.02. The van der Waals surface area contributed by atoms with Crippen molar-refractivity contribution in [2.24, 2.45) is 0 Å². The van der Waals surface area contributed by atoms with E-state index in [1.54, 1.807) is 11.4 Å². The number of thiophene rings is 1. The molecule has 16 heavy (non-hydrogen) atoms.